The maximum Gasteiger partial charge on any atom is 0.309 e. The average Bonchev–Trinajstić information content (AvgIpc) is 3.33. The van der Waals surface area contributed by atoms with Gasteiger partial charge in [-0.05, 0) is 31.2 Å². The molecule has 0 saturated heterocycles. The summed E-state index contributed by atoms with van der Waals surface area (Å²) in [6, 6.07) is 25.6. The van der Waals surface area contributed by atoms with Gasteiger partial charge >= 0.3 is 5.91 Å². The summed E-state index contributed by atoms with van der Waals surface area (Å²) >= 11 is 0. The zero-order chi connectivity index (χ0) is 23.9. The SMILES string of the molecule is Cc1ccc(C(=O)NCC(=O)NNC(=O)c2nc(-c3ccccc3)n(-c3ccccc3)n2)cc1. The minimum absolute atomic E-state index is 0.119. The lowest BCUT2D eigenvalue weighted by molar-refractivity contribution is -0.120. The Labute approximate surface area is 195 Å². The summed E-state index contributed by atoms with van der Waals surface area (Å²) < 4.78 is 1.56. The Hall–Kier alpha value is -4.79. The fourth-order valence-electron chi connectivity index (χ4n) is 3.13. The van der Waals surface area contributed by atoms with Crippen molar-refractivity contribution in [1.82, 2.24) is 30.9 Å². The molecule has 1 heterocycles. The highest BCUT2D eigenvalue weighted by Gasteiger charge is 2.19. The first kappa shape index (κ1) is 22.4. The van der Waals surface area contributed by atoms with Gasteiger partial charge in [0.2, 0.25) is 5.82 Å². The van der Waals surface area contributed by atoms with Gasteiger partial charge in [0, 0.05) is 11.1 Å². The van der Waals surface area contributed by atoms with Crippen LogP contribution in [0.15, 0.2) is 84.9 Å². The van der Waals surface area contributed by atoms with Gasteiger partial charge in [0.15, 0.2) is 5.82 Å². The van der Waals surface area contributed by atoms with E-state index in [4.69, 9.17) is 0 Å². The Kier molecular flexibility index (Phi) is 6.73. The summed E-state index contributed by atoms with van der Waals surface area (Å²) in [6.45, 7) is 1.60. The van der Waals surface area contributed by atoms with Gasteiger partial charge in [-0.2, -0.15) is 0 Å². The molecule has 0 saturated carbocycles. The van der Waals surface area contributed by atoms with Gasteiger partial charge in [-0.1, -0.05) is 66.2 Å². The van der Waals surface area contributed by atoms with Gasteiger partial charge in [-0.3, -0.25) is 25.2 Å². The monoisotopic (exact) mass is 454 g/mol. The Balaban J connectivity index is 1.41. The number of aromatic nitrogens is 3. The van der Waals surface area contributed by atoms with Gasteiger partial charge in [0.1, 0.15) is 0 Å². The number of aryl methyl sites for hydroxylation is 1. The number of benzene rings is 3. The molecule has 0 radical (unpaired) electrons. The number of nitrogens with one attached hydrogen (secondary N) is 3. The summed E-state index contributed by atoms with van der Waals surface area (Å²) in [4.78, 5) is 41.2. The number of carbonyl (C=O) groups excluding carboxylic acids is 3. The van der Waals surface area contributed by atoms with Crippen LogP contribution in [0.5, 0.6) is 0 Å². The van der Waals surface area contributed by atoms with E-state index in [1.807, 2.05) is 67.6 Å². The number of hydrogen-bond acceptors (Lipinski definition) is 5. The van der Waals surface area contributed by atoms with Crippen molar-refractivity contribution in [3.8, 4) is 17.1 Å². The Morgan fingerprint density at radius 2 is 1.44 bits per heavy atom. The Morgan fingerprint density at radius 1 is 0.794 bits per heavy atom. The summed E-state index contributed by atoms with van der Waals surface area (Å²) in [7, 11) is 0. The van der Waals surface area contributed by atoms with Gasteiger partial charge in [-0.15, -0.1) is 5.10 Å². The predicted molar refractivity (Wildman–Crippen MR) is 126 cm³/mol. The highest BCUT2D eigenvalue weighted by molar-refractivity contribution is 5.97. The van der Waals surface area contributed by atoms with Gasteiger partial charge in [0.05, 0.1) is 12.2 Å². The minimum Gasteiger partial charge on any atom is -0.343 e. The second kappa shape index (κ2) is 10.2. The molecule has 0 aliphatic rings. The molecule has 0 aliphatic carbocycles. The van der Waals surface area contributed by atoms with E-state index in [0.717, 1.165) is 16.8 Å². The van der Waals surface area contributed by atoms with E-state index in [1.54, 1.807) is 28.9 Å². The first-order chi connectivity index (χ1) is 16.5. The van der Waals surface area contributed by atoms with Crippen molar-refractivity contribution in [3.05, 3.63) is 102 Å². The van der Waals surface area contributed by atoms with Crippen LogP contribution in [0, 0.1) is 6.92 Å². The maximum atomic E-state index is 12.6. The molecule has 1 aromatic heterocycles. The first-order valence-corrected chi connectivity index (χ1v) is 10.5. The predicted octanol–water partition coefficient (Wildman–Crippen LogP) is 2.43. The summed E-state index contributed by atoms with van der Waals surface area (Å²) in [5.41, 5.74) is 7.52. The lowest BCUT2D eigenvalue weighted by atomic mass is 10.1. The molecule has 0 atom stereocenters. The van der Waals surface area contributed by atoms with Crippen molar-refractivity contribution < 1.29 is 14.4 Å². The zero-order valence-electron chi connectivity index (χ0n) is 18.4. The van der Waals surface area contributed by atoms with E-state index >= 15 is 0 Å². The largest absolute Gasteiger partial charge is 0.343 e. The molecular weight excluding hydrogens is 432 g/mol. The number of rotatable bonds is 6. The number of para-hydroxylation sites is 1. The van der Waals surface area contributed by atoms with Gasteiger partial charge < -0.3 is 5.32 Å². The molecule has 3 aromatic carbocycles. The quantitative estimate of drug-likeness (QED) is 0.387. The number of nitrogens with zero attached hydrogens (tertiary/aromatic N) is 3. The first-order valence-electron chi connectivity index (χ1n) is 10.5. The molecule has 0 bridgehead atoms. The molecule has 0 aliphatic heterocycles. The van der Waals surface area contributed by atoms with E-state index in [0.29, 0.717) is 11.4 Å². The van der Waals surface area contributed by atoms with Gasteiger partial charge in [0.25, 0.3) is 11.8 Å². The van der Waals surface area contributed by atoms with Crippen LogP contribution in [-0.4, -0.2) is 39.0 Å². The number of carbonyl (C=O) groups is 3. The Morgan fingerprint density at radius 3 is 2.12 bits per heavy atom. The van der Waals surface area contributed by atoms with Crippen molar-refractivity contribution in [2.24, 2.45) is 0 Å². The summed E-state index contributed by atoms with van der Waals surface area (Å²) in [5, 5.41) is 6.83. The normalized spacial score (nSPS) is 10.4. The second-order valence-corrected chi connectivity index (χ2v) is 7.42. The van der Waals surface area contributed by atoms with Crippen molar-refractivity contribution in [1.29, 1.82) is 0 Å². The van der Waals surface area contributed by atoms with Crippen LogP contribution in [0.25, 0.3) is 17.1 Å². The van der Waals surface area contributed by atoms with Crippen LogP contribution in [0.1, 0.15) is 26.5 Å². The molecule has 0 unspecified atom stereocenters. The summed E-state index contributed by atoms with van der Waals surface area (Å²) in [6.07, 6.45) is 0. The zero-order valence-corrected chi connectivity index (χ0v) is 18.4. The molecule has 34 heavy (non-hydrogen) atoms. The number of amides is 3. The molecule has 3 N–H and O–H groups in total. The van der Waals surface area contributed by atoms with E-state index in [9.17, 15) is 14.4 Å². The molecule has 0 spiro atoms. The van der Waals surface area contributed by atoms with Crippen molar-refractivity contribution in [2.75, 3.05) is 6.54 Å². The second-order valence-electron chi connectivity index (χ2n) is 7.42. The van der Waals surface area contributed by atoms with E-state index < -0.39 is 17.7 Å². The molecule has 4 aromatic rings. The van der Waals surface area contributed by atoms with E-state index in [1.165, 1.54) is 0 Å². The number of hydrazine groups is 1. The fraction of sp³-hybridized carbons (Fsp3) is 0.0800. The lowest BCUT2D eigenvalue weighted by Gasteiger charge is -2.07. The van der Waals surface area contributed by atoms with Crippen molar-refractivity contribution in [3.63, 3.8) is 0 Å². The standard InChI is InChI=1S/C25H22N6O3/c1-17-12-14-19(15-13-17)24(33)26-16-21(32)28-29-25(34)22-27-23(18-8-4-2-5-9-18)31(30-22)20-10-6-3-7-11-20/h2-15H,16H2,1H3,(H,26,33)(H,28,32)(H,29,34). The average molecular weight is 454 g/mol. The summed E-state index contributed by atoms with van der Waals surface area (Å²) in [5.74, 6) is -1.32. The van der Waals surface area contributed by atoms with Crippen LogP contribution >= 0.6 is 0 Å². The van der Waals surface area contributed by atoms with Crippen LogP contribution < -0.4 is 16.2 Å². The molecule has 9 heteroatoms. The van der Waals surface area contributed by atoms with Crippen LogP contribution in [-0.2, 0) is 4.79 Å². The molecular formula is C25H22N6O3. The highest BCUT2D eigenvalue weighted by Crippen LogP contribution is 2.20. The lowest BCUT2D eigenvalue weighted by Crippen LogP contribution is -2.46. The molecule has 0 fully saturated rings. The van der Waals surface area contributed by atoms with Crippen LogP contribution in [0.2, 0.25) is 0 Å². The Bertz CT molecular complexity index is 1240. The van der Waals surface area contributed by atoms with Crippen molar-refractivity contribution >= 4 is 17.7 Å². The highest BCUT2D eigenvalue weighted by atomic mass is 16.2. The fourth-order valence-corrected chi connectivity index (χ4v) is 3.13. The molecule has 4 rings (SSSR count). The topological polar surface area (TPSA) is 118 Å². The van der Waals surface area contributed by atoms with Crippen LogP contribution in [0.4, 0.5) is 0 Å². The van der Waals surface area contributed by atoms with Crippen LogP contribution in [0.3, 0.4) is 0 Å². The third-order valence-electron chi connectivity index (χ3n) is 4.88. The third-order valence-corrected chi connectivity index (χ3v) is 4.88. The minimum atomic E-state index is -0.690. The third kappa shape index (κ3) is 5.33. The van der Waals surface area contributed by atoms with Crippen molar-refractivity contribution in [2.45, 2.75) is 6.92 Å². The van der Waals surface area contributed by atoms with E-state index in [2.05, 4.69) is 26.3 Å². The molecule has 3 amide bonds. The van der Waals surface area contributed by atoms with E-state index in [-0.39, 0.29) is 12.4 Å². The number of hydrogen-bond donors (Lipinski definition) is 3. The maximum absolute atomic E-state index is 12.6. The molecule has 170 valence electrons. The smallest absolute Gasteiger partial charge is 0.309 e. The molecule has 9 nitrogen and oxygen atoms in total. The van der Waals surface area contributed by atoms with Gasteiger partial charge in [-0.25, -0.2) is 9.67 Å².